The molecule has 162 valence electrons. The smallest absolute Gasteiger partial charge is 0.269 e. The second-order valence-corrected chi connectivity index (χ2v) is 8.19. The zero-order valence-electron chi connectivity index (χ0n) is 17.7. The number of rotatable bonds is 6. The summed E-state index contributed by atoms with van der Waals surface area (Å²) in [6, 6.07) is 21.2. The molecule has 0 saturated carbocycles. The van der Waals surface area contributed by atoms with Crippen LogP contribution in [0.15, 0.2) is 78.9 Å². The predicted octanol–water partition coefficient (Wildman–Crippen LogP) is 6.01. The van der Waals surface area contributed by atoms with Crippen LogP contribution < -0.4 is 14.8 Å². The first kappa shape index (κ1) is 20.1. The van der Waals surface area contributed by atoms with E-state index < -0.39 is 0 Å². The van der Waals surface area contributed by atoms with Gasteiger partial charge in [-0.1, -0.05) is 48.6 Å². The highest BCUT2D eigenvalue weighted by atomic mass is 16.6. The molecular weight excluding hydrogens is 404 g/mol. The molecule has 1 aliphatic heterocycles. The molecule has 0 amide bonds. The number of benzene rings is 3. The van der Waals surface area contributed by atoms with Crippen LogP contribution in [0.1, 0.15) is 35.1 Å². The van der Waals surface area contributed by atoms with Crippen molar-refractivity contribution in [2.45, 2.75) is 25.0 Å². The molecule has 0 saturated heterocycles. The van der Waals surface area contributed by atoms with Crippen LogP contribution in [0.5, 0.6) is 11.5 Å². The van der Waals surface area contributed by atoms with Gasteiger partial charge in [-0.25, -0.2) is 0 Å². The fraction of sp³-hybridized carbons (Fsp3) is 0.231. The molecule has 0 radical (unpaired) electrons. The lowest BCUT2D eigenvalue weighted by atomic mass is 9.77. The number of ether oxygens (including phenoxy) is 2. The van der Waals surface area contributed by atoms with Gasteiger partial charge in [0, 0.05) is 23.7 Å². The van der Waals surface area contributed by atoms with Gasteiger partial charge in [0.05, 0.1) is 18.1 Å². The fourth-order valence-corrected chi connectivity index (χ4v) is 4.76. The summed E-state index contributed by atoms with van der Waals surface area (Å²) >= 11 is 0. The topological polar surface area (TPSA) is 73.6 Å². The first-order valence-electron chi connectivity index (χ1n) is 10.7. The Bertz CT molecular complexity index is 1180. The van der Waals surface area contributed by atoms with E-state index in [1.54, 1.807) is 19.2 Å². The fourth-order valence-electron chi connectivity index (χ4n) is 4.76. The van der Waals surface area contributed by atoms with Gasteiger partial charge in [0.2, 0.25) is 0 Å². The standard InChI is InChI=1S/C26H24N2O4/c1-31-25-14-18(10-13-24(25)32-16-17-6-3-2-4-7-17)26-21-9-5-8-20(21)22-15-19(28(29)30)11-12-23(22)27-26/h2-8,10-15,20-21,26-27H,9,16H2,1H3/t20-,21+,26+/m1/s1. The van der Waals surface area contributed by atoms with Gasteiger partial charge < -0.3 is 14.8 Å². The summed E-state index contributed by atoms with van der Waals surface area (Å²) in [4.78, 5) is 10.9. The highest BCUT2D eigenvalue weighted by Crippen LogP contribution is 2.51. The van der Waals surface area contributed by atoms with Crippen LogP contribution in [0, 0.1) is 16.0 Å². The first-order chi connectivity index (χ1) is 15.6. The summed E-state index contributed by atoms with van der Waals surface area (Å²) in [5.74, 6) is 1.83. The third-order valence-electron chi connectivity index (χ3n) is 6.34. The number of hydrogen-bond donors (Lipinski definition) is 1. The molecule has 5 rings (SSSR count). The van der Waals surface area contributed by atoms with Crippen LogP contribution in [0.2, 0.25) is 0 Å². The van der Waals surface area contributed by atoms with Crippen molar-refractivity contribution in [1.82, 2.24) is 0 Å². The van der Waals surface area contributed by atoms with E-state index >= 15 is 0 Å². The minimum atomic E-state index is -0.334. The maximum absolute atomic E-state index is 11.3. The largest absolute Gasteiger partial charge is 0.493 e. The van der Waals surface area contributed by atoms with Crippen molar-refractivity contribution in [3.05, 3.63) is 106 Å². The van der Waals surface area contributed by atoms with Gasteiger partial charge >= 0.3 is 0 Å². The minimum Gasteiger partial charge on any atom is -0.493 e. The molecule has 6 nitrogen and oxygen atoms in total. The molecule has 3 atom stereocenters. The van der Waals surface area contributed by atoms with E-state index in [4.69, 9.17) is 9.47 Å². The average molecular weight is 428 g/mol. The van der Waals surface area contributed by atoms with Crippen LogP contribution in [-0.4, -0.2) is 12.0 Å². The van der Waals surface area contributed by atoms with Gasteiger partial charge in [0.1, 0.15) is 6.61 Å². The summed E-state index contributed by atoms with van der Waals surface area (Å²) < 4.78 is 11.7. The van der Waals surface area contributed by atoms with Crippen LogP contribution in [-0.2, 0) is 6.61 Å². The Morgan fingerprint density at radius 2 is 1.91 bits per heavy atom. The second kappa shape index (κ2) is 8.38. The minimum absolute atomic E-state index is 0.0704. The molecule has 3 aromatic carbocycles. The van der Waals surface area contributed by atoms with Crippen LogP contribution >= 0.6 is 0 Å². The van der Waals surface area contributed by atoms with Gasteiger partial charge in [-0.3, -0.25) is 10.1 Å². The van der Waals surface area contributed by atoms with Crippen LogP contribution in [0.3, 0.4) is 0 Å². The van der Waals surface area contributed by atoms with Crippen LogP contribution in [0.4, 0.5) is 11.4 Å². The molecule has 3 aromatic rings. The van der Waals surface area contributed by atoms with E-state index in [-0.39, 0.29) is 28.5 Å². The Kier molecular flexibility index (Phi) is 5.27. The monoisotopic (exact) mass is 428 g/mol. The van der Waals surface area contributed by atoms with E-state index in [0.717, 1.165) is 28.8 Å². The number of fused-ring (bicyclic) bond motifs is 3. The van der Waals surface area contributed by atoms with Crippen molar-refractivity contribution >= 4 is 11.4 Å². The molecule has 2 aliphatic rings. The molecule has 6 heteroatoms. The molecule has 0 unspecified atom stereocenters. The lowest BCUT2D eigenvalue weighted by Gasteiger charge is -2.37. The van der Waals surface area contributed by atoms with Crippen molar-refractivity contribution in [2.75, 3.05) is 12.4 Å². The second-order valence-electron chi connectivity index (χ2n) is 8.19. The molecule has 1 N–H and O–H groups in total. The number of hydrogen-bond acceptors (Lipinski definition) is 5. The molecule has 0 bridgehead atoms. The highest BCUT2D eigenvalue weighted by Gasteiger charge is 2.38. The maximum atomic E-state index is 11.3. The van der Waals surface area contributed by atoms with Gasteiger partial charge in [-0.15, -0.1) is 0 Å². The molecule has 32 heavy (non-hydrogen) atoms. The number of nitrogens with one attached hydrogen (secondary N) is 1. The number of methoxy groups -OCH3 is 1. The summed E-state index contributed by atoms with van der Waals surface area (Å²) in [6.07, 6.45) is 5.27. The molecular formula is C26H24N2O4. The SMILES string of the molecule is COc1cc([C@@H]2Nc3ccc([N+](=O)[O-])cc3[C@@H]3C=CC[C@@H]32)ccc1OCc1ccccc1. The van der Waals surface area contributed by atoms with Crippen molar-refractivity contribution < 1.29 is 14.4 Å². The molecule has 1 heterocycles. The summed E-state index contributed by atoms with van der Waals surface area (Å²) in [5.41, 5.74) is 4.26. The Labute approximate surface area is 186 Å². The average Bonchev–Trinajstić information content (AvgIpc) is 3.33. The van der Waals surface area contributed by atoms with Gasteiger partial charge in [0.25, 0.3) is 5.69 Å². The number of nitro benzene ring substituents is 1. The third-order valence-corrected chi connectivity index (χ3v) is 6.34. The van der Waals surface area contributed by atoms with Gasteiger partial charge in [0.15, 0.2) is 11.5 Å². The molecule has 1 aliphatic carbocycles. The van der Waals surface area contributed by atoms with Crippen LogP contribution in [0.25, 0.3) is 0 Å². The van der Waals surface area contributed by atoms with E-state index in [1.807, 2.05) is 48.5 Å². The lowest BCUT2D eigenvalue weighted by molar-refractivity contribution is -0.384. The molecule has 0 spiro atoms. The third kappa shape index (κ3) is 3.68. The van der Waals surface area contributed by atoms with Crippen molar-refractivity contribution in [2.24, 2.45) is 5.92 Å². The normalized spacial score (nSPS) is 20.7. The number of nitrogens with zero attached hydrogens (tertiary/aromatic N) is 1. The lowest BCUT2D eigenvalue weighted by Crippen LogP contribution is -2.29. The first-order valence-corrected chi connectivity index (χ1v) is 10.7. The highest BCUT2D eigenvalue weighted by molar-refractivity contribution is 5.63. The zero-order valence-corrected chi connectivity index (χ0v) is 17.7. The van der Waals surface area contributed by atoms with Crippen molar-refractivity contribution in [3.8, 4) is 11.5 Å². The Morgan fingerprint density at radius 3 is 2.69 bits per heavy atom. The van der Waals surface area contributed by atoms with Gasteiger partial charge in [-0.05, 0) is 47.2 Å². The summed E-state index contributed by atoms with van der Waals surface area (Å²) in [7, 11) is 1.65. The summed E-state index contributed by atoms with van der Waals surface area (Å²) in [5, 5.41) is 14.9. The van der Waals surface area contributed by atoms with E-state index in [9.17, 15) is 10.1 Å². The van der Waals surface area contributed by atoms with Gasteiger partial charge in [-0.2, -0.15) is 0 Å². The Balaban J connectivity index is 1.42. The Morgan fingerprint density at radius 1 is 1.06 bits per heavy atom. The van der Waals surface area contributed by atoms with E-state index in [0.29, 0.717) is 18.1 Å². The molecule has 0 aromatic heterocycles. The van der Waals surface area contributed by atoms with Crippen molar-refractivity contribution in [1.29, 1.82) is 0 Å². The van der Waals surface area contributed by atoms with Crippen molar-refractivity contribution in [3.63, 3.8) is 0 Å². The number of nitro groups is 1. The number of anilines is 1. The summed E-state index contributed by atoms with van der Waals surface area (Å²) in [6.45, 7) is 0.471. The Hall–Kier alpha value is -3.80. The van der Waals surface area contributed by atoms with E-state index in [2.05, 4.69) is 23.5 Å². The quantitative estimate of drug-likeness (QED) is 0.296. The molecule has 0 fully saturated rings. The zero-order chi connectivity index (χ0) is 22.1. The maximum Gasteiger partial charge on any atom is 0.269 e. The number of non-ortho nitro benzene ring substituents is 1. The number of allylic oxidation sites excluding steroid dienone is 2. The predicted molar refractivity (Wildman–Crippen MR) is 123 cm³/mol. The van der Waals surface area contributed by atoms with E-state index in [1.165, 1.54) is 0 Å².